The lowest BCUT2D eigenvalue weighted by Crippen LogP contribution is -2.27. The van der Waals surface area contributed by atoms with Gasteiger partial charge in [-0.1, -0.05) is 24.3 Å². The van der Waals surface area contributed by atoms with E-state index in [1.54, 1.807) is 0 Å². The number of hydrogen-bond donors (Lipinski definition) is 0. The van der Waals surface area contributed by atoms with E-state index >= 15 is 0 Å². The molecule has 0 aliphatic heterocycles. The number of amides is 1. The van der Waals surface area contributed by atoms with Gasteiger partial charge in [0.05, 0.1) is 16.6 Å². The minimum Gasteiger partial charge on any atom is -0.371 e. The first-order valence-corrected chi connectivity index (χ1v) is 12.0. The first-order chi connectivity index (χ1) is 17.6. The van der Waals surface area contributed by atoms with Crippen LogP contribution in [0.15, 0.2) is 72.9 Å². The number of aromatic nitrogens is 1. The number of rotatable bonds is 7. The predicted octanol–water partition coefficient (Wildman–Crippen LogP) is 7.18. The molecule has 1 heterocycles. The monoisotopic (exact) mass is 509 g/mol. The zero-order valence-electron chi connectivity index (χ0n) is 20.8. The van der Waals surface area contributed by atoms with E-state index < -0.39 is 29.0 Å². The number of benzene rings is 3. The summed E-state index contributed by atoms with van der Waals surface area (Å²) in [6.07, 6.45) is -2.87. The predicted molar refractivity (Wildman–Crippen MR) is 138 cm³/mol. The van der Waals surface area contributed by atoms with Gasteiger partial charge in [0, 0.05) is 44.0 Å². The Balaban J connectivity index is 1.59. The normalized spacial score (nSPS) is 11.5. The molecule has 0 aliphatic carbocycles. The average Bonchev–Trinajstić information content (AvgIpc) is 2.88. The highest BCUT2D eigenvalue weighted by atomic mass is 19.4. The van der Waals surface area contributed by atoms with Crippen molar-refractivity contribution in [3.05, 3.63) is 95.4 Å². The fraction of sp³-hybridized carbons (Fsp3) is 0.241. The third-order valence-electron chi connectivity index (χ3n) is 6.38. The quantitative estimate of drug-likeness (QED) is 0.248. The van der Waals surface area contributed by atoms with Crippen LogP contribution in [-0.4, -0.2) is 35.9 Å². The van der Waals surface area contributed by atoms with Gasteiger partial charge in [0.25, 0.3) is 5.91 Å². The lowest BCUT2D eigenvalue weighted by Gasteiger charge is -2.23. The van der Waals surface area contributed by atoms with Gasteiger partial charge in [-0.05, 0) is 73.0 Å². The van der Waals surface area contributed by atoms with E-state index in [2.05, 4.69) is 29.8 Å². The van der Waals surface area contributed by atoms with Crippen LogP contribution in [0.4, 0.5) is 23.2 Å². The Morgan fingerprint density at radius 2 is 1.65 bits per heavy atom. The number of anilines is 1. The fourth-order valence-electron chi connectivity index (χ4n) is 4.42. The van der Waals surface area contributed by atoms with Crippen LogP contribution in [0.25, 0.3) is 22.0 Å². The summed E-state index contributed by atoms with van der Waals surface area (Å²) in [6.45, 7) is 6.12. The highest BCUT2D eigenvalue weighted by molar-refractivity contribution is 5.95. The summed E-state index contributed by atoms with van der Waals surface area (Å²) in [5.74, 6) is -1.90. The van der Waals surface area contributed by atoms with Crippen LogP contribution in [0.3, 0.4) is 0 Å². The molecule has 4 nitrogen and oxygen atoms in total. The Kier molecular flexibility index (Phi) is 7.47. The van der Waals surface area contributed by atoms with E-state index in [-0.39, 0.29) is 6.54 Å². The first kappa shape index (κ1) is 26.1. The maximum atomic E-state index is 14.3. The Morgan fingerprint density at radius 1 is 0.919 bits per heavy atom. The molecule has 4 rings (SSSR count). The van der Waals surface area contributed by atoms with Gasteiger partial charge < -0.3 is 9.80 Å². The zero-order chi connectivity index (χ0) is 26.7. The van der Waals surface area contributed by atoms with Gasteiger partial charge in [-0.25, -0.2) is 4.39 Å². The molecule has 0 atom stereocenters. The third kappa shape index (κ3) is 5.58. The molecule has 1 amide bonds. The summed E-state index contributed by atoms with van der Waals surface area (Å²) in [5.41, 5.74) is 3.19. The summed E-state index contributed by atoms with van der Waals surface area (Å²) >= 11 is 0. The van der Waals surface area contributed by atoms with E-state index in [0.717, 1.165) is 52.4 Å². The molecule has 0 saturated heterocycles. The largest absolute Gasteiger partial charge is 0.416 e. The summed E-state index contributed by atoms with van der Waals surface area (Å²) in [4.78, 5) is 20.8. The lowest BCUT2D eigenvalue weighted by molar-refractivity contribution is -0.137. The Labute approximate surface area is 213 Å². The molecule has 3 aromatic carbocycles. The molecular formula is C29H27F4N3O. The van der Waals surface area contributed by atoms with Crippen molar-refractivity contribution in [1.82, 2.24) is 9.88 Å². The number of nitrogens with zero attached hydrogens (tertiary/aromatic N) is 3. The van der Waals surface area contributed by atoms with Gasteiger partial charge in [0.15, 0.2) is 0 Å². The third-order valence-corrected chi connectivity index (χ3v) is 6.38. The van der Waals surface area contributed by atoms with Crippen molar-refractivity contribution < 1.29 is 22.4 Å². The van der Waals surface area contributed by atoms with E-state index in [1.165, 1.54) is 11.9 Å². The van der Waals surface area contributed by atoms with Crippen molar-refractivity contribution in [2.24, 2.45) is 0 Å². The van der Waals surface area contributed by atoms with Crippen LogP contribution < -0.4 is 4.90 Å². The Morgan fingerprint density at radius 3 is 2.32 bits per heavy atom. The smallest absolute Gasteiger partial charge is 0.371 e. The molecule has 0 spiro atoms. The van der Waals surface area contributed by atoms with Crippen molar-refractivity contribution in [2.75, 3.05) is 25.0 Å². The summed E-state index contributed by atoms with van der Waals surface area (Å²) in [6, 6.07) is 17.7. The van der Waals surface area contributed by atoms with Crippen LogP contribution in [-0.2, 0) is 12.7 Å². The molecule has 0 N–H and O–H groups in total. The van der Waals surface area contributed by atoms with Crippen molar-refractivity contribution >= 4 is 22.5 Å². The highest BCUT2D eigenvalue weighted by Crippen LogP contribution is 2.32. The van der Waals surface area contributed by atoms with E-state index in [0.29, 0.717) is 12.1 Å². The van der Waals surface area contributed by atoms with Gasteiger partial charge in [0.2, 0.25) is 0 Å². The number of pyridine rings is 1. The molecule has 1 aromatic heterocycles. The molecule has 0 aliphatic rings. The van der Waals surface area contributed by atoms with Crippen LogP contribution in [0.5, 0.6) is 0 Å². The van der Waals surface area contributed by atoms with E-state index in [9.17, 15) is 22.4 Å². The highest BCUT2D eigenvalue weighted by Gasteiger charge is 2.32. The van der Waals surface area contributed by atoms with Crippen LogP contribution >= 0.6 is 0 Å². The van der Waals surface area contributed by atoms with Crippen LogP contribution in [0.2, 0.25) is 0 Å². The van der Waals surface area contributed by atoms with E-state index in [4.69, 9.17) is 0 Å². The lowest BCUT2D eigenvalue weighted by atomic mass is 10.00. The number of halogens is 4. The SMILES string of the molecule is CCN(CC)c1ccnc2ccc(-c3cccc(CN(C)C(=O)c4ccc(C(F)(F)F)cc4F)c3)cc12. The van der Waals surface area contributed by atoms with Crippen LogP contribution in [0, 0.1) is 5.82 Å². The van der Waals surface area contributed by atoms with Gasteiger partial charge in [-0.15, -0.1) is 0 Å². The van der Waals surface area contributed by atoms with Gasteiger partial charge >= 0.3 is 6.18 Å². The maximum absolute atomic E-state index is 14.3. The van der Waals surface area contributed by atoms with Crippen molar-refractivity contribution in [1.29, 1.82) is 0 Å². The van der Waals surface area contributed by atoms with Crippen molar-refractivity contribution in [2.45, 2.75) is 26.6 Å². The molecule has 37 heavy (non-hydrogen) atoms. The number of fused-ring (bicyclic) bond motifs is 1. The zero-order valence-corrected chi connectivity index (χ0v) is 20.8. The second-order valence-electron chi connectivity index (χ2n) is 8.79. The van der Waals surface area contributed by atoms with E-state index in [1.807, 2.05) is 48.7 Å². The minimum absolute atomic E-state index is 0.160. The van der Waals surface area contributed by atoms with Gasteiger partial charge in [-0.2, -0.15) is 13.2 Å². The maximum Gasteiger partial charge on any atom is 0.416 e. The second-order valence-corrected chi connectivity index (χ2v) is 8.79. The van der Waals surface area contributed by atoms with Crippen molar-refractivity contribution in [3.63, 3.8) is 0 Å². The van der Waals surface area contributed by atoms with Gasteiger partial charge in [0.1, 0.15) is 5.82 Å². The second kappa shape index (κ2) is 10.6. The molecule has 0 saturated carbocycles. The van der Waals surface area contributed by atoms with Gasteiger partial charge in [-0.3, -0.25) is 9.78 Å². The molecule has 8 heteroatoms. The minimum atomic E-state index is -4.68. The Bertz CT molecular complexity index is 1430. The molecule has 0 radical (unpaired) electrons. The molecular weight excluding hydrogens is 482 g/mol. The summed E-state index contributed by atoms with van der Waals surface area (Å²) < 4.78 is 52.9. The summed E-state index contributed by atoms with van der Waals surface area (Å²) in [7, 11) is 1.49. The Hall–Kier alpha value is -3.94. The first-order valence-electron chi connectivity index (χ1n) is 12.0. The number of alkyl halides is 3. The van der Waals surface area contributed by atoms with Crippen molar-refractivity contribution in [3.8, 4) is 11.1 Å². The molecule has 0 unspecified atom stereocenters. The number of carbonyl (C=O) groups excluding carboxylic acids is 1. The standard InChI is InChI=1S/C29H27F4N3O/c1-4-36(5-2)27-13-14-34-26-12-9-21(16-24(26)27)20-8-6-7-19(15-20)18-35(3)28(37)23-11-10-22(17-25(23)30)29(31,32)33/h6-17H,4-5,18H2,1-3H3. The molecule has 0 bridgehead atoms. The average molecular weight is 510 g/mol. The number of carbonyl (C=O) groups is 1. The molecule has 192 valence electrons. The van der Waals surface area contributed by atoms with Crippen LogP contribution in [0.1, 0.15) is 35.3 Å². The summed E-state index contributed by atoms with van der Waals surface area (Å²) in [5, 5.41) is 1.04. The topological polar surface area (TPSA) is 36.4 Å². The molecule has 0 fully saturated rings. The number of hydrogen-bond acceptors (Lipinski definition) is 3. The molecule has 4 aromatic rings. The fourth-order valence-corrected chi connectivity index (χ4v) is 4.42.